The lowest BCUT2D eigenvalue weighted by Crippen LogP contribution is -2.21. The lowest BCUT2D eigenvalue weighted by Gasteiger charge is -2.27. The Kier molecular flexibility index (Phi) is 9.36. The van der Waals surface area contributed by atoms with Gasteiger partial charge in [0.05, 0.1) is 25.2 Å². The molecule has 4 aromatic carbocycles. The van der Waals surface area contributed by atoms with Gasteiger partial charge in [0, 0.05) is 11.6 Å². The van der Waals surface area contributed by atoms with Crippen molar-refractivity contribution in [2.45, 2.75) is 39.2 Å². The molecule has 44 heavy (non-hydrogen) atoms. The Morgan fingerprint density at radius 1 is 0.955 bits per heavy atom. The van der Waals surface area contributed by atoms with E-state index in [1.165, 1.54) is 5.56 Å². The number of methoxy groups -OCH3 is 1. The lowest BCUT2D eigenvalue weighted by molar-refractivity contribution is 0.0734. The van der Waals surface area contributed by atoms with E-state index >= 15 is 0 Å². The van der Waals surface area contributed by atoms with Crippen molar-refractivity contribution in [1.82, 2.24) is 0 Å². The van der Waals surface area contributed by atoms with Crippen LogP contribution in [-0.4, -0.2) is 19.7 Å². The van der Waals surface area contributed by atoms with Gasteiger partial charge in [0.15, 0.2) is 11.5 Å². The van der Waals surface area contributed by atoms with Crippen LogP contribution in [0.25, 0.3) is 0 Å². The summed E-state index contributed by atoms with van der Waals surface area (Å²) in [6, 6.07) is 27.8. The fourth-order valence-electron chi connectivity index (χ4n) is 4.88. The standard InChI is InChI=1S/C36H34N2O6/c1-4-5-17-41-27-8-6-7-26(18-27)36(39)43-28-14-15-29-32(20-28)44-35(38)30(21-37)34(29)25-13-16-31(33(19-25)40-3)42-22-24-11-9-23(2)10-12-24/h6-16,18-20,34H,4-5,17,22,38H2,1-3H3. The predicted molar refractivity (Wildman–Crippen MR) is 166 cm³/mol. The molecular formula is C36H34N2O6. The topological polar surface area (TPSA) is 113 Å². The average Bonchev–Trinajstić information content (AvgIpc) is 3.04. The predicted octanol–water partition coefficient (Wildman–Crippen LogP) is 7.20. The molecule has 0 aliphatic carbocycles. The van der Waals surface area contributed by atoms with Gasteiger partial charge in [-0.15, -0.1) is 0 Å². The Labute approximate surface area is 257 Å². The summed E-state index contributed by atoms with van der Waals surface area (Å²) in [5.41, 5.74) is 10.5. The number of nitriles is 1. The van der Waals surface area contributed by atoms with Crippen LogP contribution in [0.15, 0.2) is 96.4 Å². The molecule has 0 radical (unpaired) electrons. The Morgan fingerprint density at radius 2 is 1.77 bits per heavy atom. The molecule has 1 aliphatic rings. The quantitative estimate of drug-likeness (QED) is 0.111. The molecule has 8 heteroatoms. The van der Waals surface area contributed by atoms with Crippen LogP contribution in [0.4, 0.5) is 0 Å². The second-order valence-corrected chi connectivity index (χ2v) is 10.4. The molecule has 1 unspecified atom stereocenters. The number of hydrogen-bond acceptors (Lipinski definition) is 8. The number of nitrogens with zero attached hydrogens (tertiary/aromatic N) is 1. The van der Waals surface area contributed by atoms with Gasteiger partial charge >= 0.3 is 5.97 Å². The van der Waals surface area contributed by atoms with Crippen molar-refractivity contribution in [2.24, 2.45) is 5.73 Å². The number of rotatable bonds is 11. The smallest absolute Gasteiger partial charge is 0.343 e. The molecule has 0 spiro atoms. The van der Waals surface area contributed by atoms with E-state index in [4.69, 9.17) is 29.4 Å². The van der Waals surface area contributed by atoms with Crippen LogP contribution < -0.4 is 29.4 Å². The van der Waals surface area contributed by atoms with Crippen molar-refractivity contribution in [1.29, 1.82) is 5.26 Å². The maximum Gasteiger partial charge on any atom is 0.343 e. The van der Waals surface area contributed by atoms with Crippen LogP contribution in [0, 0.1) is 18.3 Å². The molecule has 8 nitrogen and oxygen atoms in total. The molecule has 0 fully saturated rings. The van der Waals surface area contributed by atoms with Crippen LogP contribution >= 0.6 is 0 Å². The highest BCUT2D eigenvalue weighted by Crippen LogP contribution is 2.45. The van der Waals surface area contributed by atoms with E-state index in [1.807, 2.05) is 49.4 Å². The van der Waals surface area contributed by atoms with Crippen LogP contribution in [-0.2, 0) is 6.61 Å². The van der Waals surface area contributed by atoms with Crippen molar-refractivity contribution >= 4 is 5.97 Å². The van der Waals surface area contributed by atoms with Gasteiger partial charge in [-0.05, 0) is 60.9 Å². The number of allylic oxidation sites excluding steroid dienone is 1. The fourth-order valence-corrected chi connectivity index (χ4v) is 4.88. The number of benzene rings is 4. The molecule has 0 amide bonds. The largest absolute Gasteiger partial charge is 0.494 e. The zero-order chi connectivity index (χ0) is 31.1. The third kappa shape index (κ3) is 6.79. The number of nitrogens with two attached hydrogens (primary N) is 1. The summed E-state index contributed by atoms with van der Waals surface area (Å²) in [4.78, 5) is 13.0. The summed E-state index contributed by atoms with van der Waals surface area (Å²) in [6.07, 6.45) is 1.94. The van der Waals surface area contributed by atoms with E-state index < -0.39 is 11.9 Å². The van der Waals surface area contributed by atoms with Gasteiger partial charge < -0.3 is 29.4 Å². The fraction of sp³-hybridized carbons (Fsp3) is 0.222. The summed E-state index contributed by atoms with van der Waals surface area (Å²) >= 11 is 0. The number of hydrogen-bond donors (Lipinski definition) is 1. The van der Waals surface area contributed by atoms with Gasteiger partial charge in [-0.3, -0.25) is 0 Å². The van der Waals surface area contributed by atoms with Crippen LogP contribution in [0.5, 0.6) is 28.7 Å². The maximum atomic E-state index is 13.0. The number of carbonyl (C=O) groups is 1. The van der Waals surface area contributed by atoms with Gasteiger partial charge in [-0.25, -0.2) is 4.79 Å². The molecule has 0 saturated carbocycles. The van der Waals surface area contributed by atoms with Crippen molar-refractivity contribution < 1.29 is 28.5 Å². The highest BCUT2D eigenvalue weighted by atomic mass is 16.5. The number of ether oxygens (including phenoxy) is 5. The minimum atomic E-state index is -0.537. The lowest BCUT2D eigenvalue weighted by atomic mass is 9.83. The van der Waals surface area contributed by atoms with Crippen LogP contribution in [0.1, 0.15) is 58.3 Å². The highest BCUT2D eigenvalue weighted by Gasteiger charge is 2.32. The number of esters is 1. The normalized spacial score (nSPS) is 13.7. The molecule has 1 aliphatic heterocycles. The summed E-state index contributed by atoms with van der Waals surface area (Å²) in [6.45, 7) is 5.08. The summed E-state index contributed by atoms with van der Waals surface area (Å²) < 4.78 is 28.9. The molecule has 0 aromatic heterocycles. The van der Waals surface area contributed by atoms with Gasteiger partial charge in [0.2, 0.25) is 5.88 Å². The Balaban J connectivity index is 1.38. The molecule has 224 valence electrons. The van der Waals surface area contributed by atoms with Crippen molar-refractivity contribution in [3.05, 3.63) is 124 Å². The van der Waals surface area contributed by atoms with E-state index in [1.54, 1.807) is 49.6 Å². The molecular weight excluding hydrogens is 556 g/mol. The first-order chi connectivity index (χ1) is 21.4. The Hall–Kier alpha value is -5.42. The zero-order valence-corrected chi connectivity index (χ0v) is 25.0. The van der Waals surface area contributed by atoms with E-state index in [9.17, 15) is 10.1 Å². The van der Waals surface area contributed by atoms with Gasteiger partial charge in [-0.2, -0.15) is 5.26 Å². The molecule has 5 rings (SSSR count). The second kappa shape index (κ2) is 13.7. The van der Waals surface area contributed by atoms with E-state index in [2.05, 4.69) is 13.0 Å². The van der Waals surface area contributed by atoms with E-state index in [0.29, 0.717) is 47.3 Å². The summed E-state index contributed by atoms with van der Waals surface area (Å²) in [7, 11) is 1.57. The second-order valence-electron chi connectivity index (χ2n) is 10.4. The molecule has 1 heterocycles. The van der Waals surface area contributed by atoms with E-state index in [0.717, 1.165) is 24.0 Å². The zero-order valence-electron chi connectivity index (χ0n) is 25.0. The first-order valence-electron chi connectivity index (χ1n) is 14.4. The number of aryl methyl sites for hydroxylation is 1. The summed E-state index contributed by atoms with van der Waals surface area (Å²) in [5, 5.41) is 10.0. The van der Waals surface area contributed by atoms with Crippen LogP contribution in [0.2, 0.25) is 0 Å². The summed E-state index contributed by atoms with van der Waals surface area (Å²) in [5.74, 6) is 1.25. The molecule has 1 atom stereocenters. The Morgan fingerprint density at radius 3 is 2.52 bits per heavy atom. The first-order valence-corrected chi connectivity index (χ1v) is 14.4. The monoisotopic (exact) mass is 590 g/mol. The first kappa shape index (κ1) is 30.1. The number of carbonyl (C=O) groups excluding carboxylic acids is 1. The van der Waals surface area contributed by atoms with Gasteiger partial charge in [-0.1, -0.05) is 61.4 Å². The van der Waals surface area contributed by atoms with Crippen molar-refractivity contribution in [3.8, 4) is 34.8 Å². The number of unbranched alkanes of at least 4 members (excludes halogenated alkanes) is 1. The average molecular weight is 591 g/mol. The third-order valence-electron chi connectivity index (χ3n) is 7.27. The highest BCUT2D eigenvalue weighted by molar-refractivity contribution is 5.91. The third-order valence-corrected chi connectivity index (χ3v) is 7.27. The minimum Gasteiger partial charge on any atom is -0.494 e. The SMILES string of the molecule is CCCCOc1cccc(C(=O)Oc2ccc3c(c2)OC(N)=C(C#N)C3c2ccc(OCc3ccc(C)cc3)c(OC)c2)c1. The van der Waals surface area contributed by atoms with E-state index in [-0.39, 0.29) is 17.2 Å². The Bertz CT molecular complexity index is 1720. The van der Waals surface area contributed by atoms with Crippen LogP contribution in [0.3, 0.4) is 0 Å². The minimum absolute atomic E-state index is 0.0240. The molecule has 0 saturated heterocycles. The number of fused-ring (bicyclic) bond motifs is 1. The van der Waals surface area contributed by atoms with Crippen molar-refractivity contribution in [2.75, 3.05) is 13.7 Å². The van der Waals surface area contributed by atoms with Crippen molar-refractivity contribution in [3.63, 3.8) is 0 Å². The molecule has 2 N–H and O–H groups in total. The maximum absolute atomic E-state index is 13.0. The van der Waals surface area contributed by atoms with Gasteiger partial charge in [0.25, 0.3) is 0 Å². The van der Waals surface area contributed by atoms with Gasteiger partial charge in [0.1, 0.15) is 35.5 Å². The molecule has 0 bridgehead atoms. The molecule has 4 aromatic rings.